The van der Waals surface area contributed by atoms with Crippen LogP contribution < -0.4 is 0 Å². The lowest BCUT2D eigenvalue weighted by Crippen LogP contribution is -2.39. The van der Waals surface area contributed by atoms with Crippen LogP contribution in [-0.4, -0.2) is 44.8 Å². The Morgan fingerprint density at radius 3 is 3.00 bits per heavy atom. The predicted octanol–water partition coefficient (Wildman–Crippen LogP) is 2.05. The smallest absolute Gasteiger partial charge is 0.325 e. The van der Waals surface area contributed by atoms with Gasteiger partial charge in [-0.15, -0.1) is 0 Å². The van der Waals surface area contributed by atoms with Gasteiger partial charge in [-0.3, -0.25) is 14.3 Å². The van der Waals surface area contributed by atoms with E-state index in [1.54, 1.807) is 6.20 Å². The number of amides is 1. The standard InChI is InChI=1S/C15H17N3O3S/c19-14(20)9-18-6-3-13(16-18)11-2-1-5-17(8-11)15(21)12-4-7-22-10-12/h3-4,6-7,10-11H,1-2,5,8-9H2,(H,19,20)/t11-/m0/s1. The number of likely N-dealkylation sites (tertiary alicyclic amines) is 1. The van der Waals surface area contributed by atoms with E-state index in [9.17, 15) is 9.59 Å². The average molecular weight is 319 g/mol. The monoisotopic (exact) mass is 319 g/mol. The first-order valence-electron chi connectivity index (χ1n) is 7.20. The Bertz CT molecular complexity index is 665. The molecule has 0 aromatic carbocycles. The molecule has 116 valence electrons. The molecule has 1 fully saturated rings. The molecule has 0 aliphatic carbocycles. The first-order chi connectivity index (χ1) is 10.6. The van der Waals surface area contributed by atoms with Gasteiger partial charge < -0.3 is 10.0 Å². The first-order valence-corrected chi connectivity index (χ1v) is 8.14. The number of aliphatic carboxylic acids is 1. The molecule has 3 rings (SSSR count). The molecule has 0 radical (unpaired) electrons. The fourth-order valence-electron chi connectivity index (χ4n) is 2.79. The van der Waals surface area contributed by atoms with Gasteiger partial charge in [-0.1, -0.05) is 0 Å². The number of carboxylic acids is 1. The minimum Gasteiger partial charge on any atom is -0.480 e. The fraction of sp³-hybridized carbons (Fsp3) is 0.400. The topological polar surface area (TPSA) is 75.4 Å². The van der Waals surface area contributed by atoms with Gasteiger partial charge in [0.2, 0.25) is 0 Å². The summed E-state index contributed by atoms with van der Waals surface area (Å²) in [6, 6.07) is 3.70. The van der Waals surface area contributed by atoms with E-state index in [1.807, 2.05) is 27.8 Å². The number of carbonyl (C=O) groups excluding carboxylic acids is 1. The fourth-order valence-corrected chi connectivity index (χ4v) is 3.42. The van der Waals surface area contributed by atoms with Gasteiger partial charge in [0.15, 0.2) is 0 Å². The van der Waals surface area contributed by atoms with E-state index >= 15 is 0 Å². The maximum Gasteiger partial charge on any atom is 0.325 e. The lowest BCUT2D eigenvalue weighted by Gasteiger charge is -2.31. The lowest BCUT2D eigenvalue weighted by molar-refractivity contribution is -0.137. The molecule has 6 nitrogen and oxygen atoms in total. The van der Waals surface area contributed by atoms with Crippen LogP contribution in [0, 0.1) is 0 Å². The highest BCUT2D eigenvalue weighted by atomic mass is 32.1. The molecular weight excluding hydrogens is 302 g/mol. The molecule has 2 aromatic rings. The summed E-state index contributed by atoms with van der Waals surface area (Å²) < 4.78 is 1.43. The summed E-state index contributed by atoms with van der Waals surface area (Å²) in [6.45, 7) is 1.27. The minimum atomic E-state index is -0.910. The molecule has 1 saturated heterocycles. The Hall–Kier alpha value is -2.15. The number of rotatable bonds is 4. The van der Waals surface area contributed by atoms with Crippen LogP contribution in [0.5, 0.6) is 0 Å². The van der Waals surface area contributed by atoms with Gasteiger partial charge in [-0.25, -0.2) is 0 Å². The van der Waals surface area contributed by atoms with Crippen LogP contribution in [0.25, 0.3) is 0 Å². The number of hydrogen-bond acceptors (Lipinski definition) is 4. The maximum absolute atomic E-state index is 12.4. The number of carbonyl (C=O) groups is 2. The Kier molecular flexibility index (Phi) is 4.24. The lowest BCUT2D eigenvalue weighted by atomic mass is 9.94. The zero-order chi connectivity index (χ0) is 15.5. The van der Waals surface area contributed by atoms with Crippen molar-refractivity contribution in [1.29, 1.82) is 0 Å². The van der Waals surface area contributed by atoms with Crippen molar-refractivity contribution in [3.05, 3.63) is 40.3 Å². The Balaban J connectivity index is 1.69. The second kappa shape index (κ2) is 6.31. The zero-order valence-electron chi connectivity index (χ0n) is 12.0. The largest absolute Gasteiger partial charge is 0.480 e. The summed E-state index contributed by atoms with van der Waals surface area (Å²) in [5.41, 5.74) is 1.60. The van der Waals surface area contributed by atoms with Crippen LogP contribution >= 0.6 is 11.3 Å². The third kappa shape index (κ3) is 3.19. The molecule has 0 bridgehead atoms. The Morgan fingerprint density at radius 2 is 2.27 bits per heavy atom. The normalized spacial score (nSPS) is 18.4. The molecule has 1 N–H and O–H groups in total. The van der Waals surface area contributed by atoms with Crippen molar-refractivity contribution in [2.75, 3.05) is 13.1 Å². The van der Waals surface area contributed by atoms with Gasteiger partial charge in [0.1, 0.15) is 6.54 Å². The number of piperidine rings is 1. The molecule has 2 aromatic heterocycles. The van der Waals surface area contributed by atoms with Crippen molar-refractivity contribution < 1.29 is 14.7 Å². The summed E-state index contributed by atoms with van der Waals surface area (Å²) in [6.07, 6.45) is 3.59. The molecule has 3 heterocycles. The van der Waals surface area contributed by atoms with Crippen LogP contribution in [0.2, 0.25) is 0 Å². The molecule has 22 heavy (non-hydrogen) atoms. The Morgan fingerprint density at radius 1 is 1.41 bits per heavy atom. The molecule has 0 spiro atoms. The highest BCUT2D eigenvalue weighted by Crippen LogP contribution is 2.26. The molecule has 1 amide bonds. The first kappa shape index (κ1) is 14.8. The van der Waals surface area contributed by atoms with Gasteiger partial charge >= 0.3 is 5.97 Å². The van der Waals surface area contributed by atoms with Crippen LogP contribution in [-0.2, 0) is 11.3 Å². The third-order valence-corrected chi connectivity index (χ3v) is 4.54. The second-order valence-electron chi connectivity index (χ2n) is 5.43. The van der Waals surface area contributed by atoms with E-state index in [1.165, 1.54) is 16.0 Å². The van der Waals surface area contributed by atoms with Crippen molar-refractivity contribution in [3.8, 4) is 0 Å². The SMILES string of the molecule is O=C(O)Cn1ccc([C@H]2CCCN(C(=O)c3ccsc3)C2)n1. The van der Waals surface area contributed by atoms with Crippen LogP contribution in [0.15, 0.2) is 29.1 Å². The zero-order valence-corrected chi connectivity index (χ0v) is 12.8. The number of carboxylic acid groups (broad SMARTS) is 1. The van der Waals surface area contributed by atoms with E-state index in [0.29, 0.717) is 6.54 Å². The van der Waals surface area contributed by atoms with Crippen molar-refractivity contribution in [2.24, 2.45) is 0 Å². The quantitative estimate of drug-likeness (QED) is 0.936. The molecule has 7 heteroatoms. The summed E-state index contributed by atoms with van der Waals surface area (Å²) in [7, 11) is 0. The van der Waals surface area contributed by atoms with Crippen molar-refractivity contribution >= 4 is 23.2 Å². The predicted molar refractivity (Wildman–Crippen MR) is 82.1 cm³/mol. The van der Waals surface area contributed by atoms with E-state index in [-0.39, 0.29) is 18.4 Å². The number of hydrogen-bond donors (Lipinski definition) is 1. The molecule has 1 aliphatic heterocycles. The van der Waals surface area contributed by atoms with Gasteiger partial charge in [-0.05, 0) is 30.4 Å². The summed E-state index contributed by atoms with van der Waals surface area (Å²) >= 11 is 1.52. The number of aromatic nitrogens is 2. The van der Waals surface area contributed by atoms with Crippen molar-refractivity contribution in [3.63, 3.8) is 0 Å². The summed E-state index contributed by atoms with van der Waals surface area (Å²) in [4.78, 5) is 25.0. The second-order valence-corrected chi connectivity index (χ2v) is 6.21. The van der Waals surface area contributed by atoms with Crippen LogP contribution in [0.3, 0.4) is 0 Å². The van der Waals surface area contributed by atoms with Crippen molar-refractivity contribution in [2.45, 2.75) is 25.3 Å². The summed E-state index contributed by atoms with van der Waals surface area (Å²) in [5.74, 6) is -0.671. The molecule has 1 aliphatic rings. The summed E-state index contributed by atoms with van der Waals surface area (Å²) in [5, 5.41) is 16.9. The molecule has 0 unspecified atom stereocenters. The molecular formula is C15H17N3O3S. The van der Waals surface area contributed by atoms with Gasteiger partial charge in [0.05, 0.1) is 11.3 Å². The number of thiophene rings is 1. The van der Waals surface area contributed by atoms with E-state index in [4.69, 9.17) is 5.11 Å². The highest BCUT2D eigenvalue weighted by Gasteiger charge is 2.27. The molecule has 1 atom stereocenters. The molecule has 0 saturated carbocycles. The highest BCUT2D eigenvalue weighted by molar-refractivity contribution is 7.08. The van der Waals surface area contributed by atoms with Crippen LogP contribution in [0.1, 0.15) is 34.8 Å². The van der Waals surface area contributed by atoms with E-state index in [0.717, 1.165) is 30.6 Å². The maximum atomic E-state index is 12.4. The Labute approximate surface area is 132 Å². The minimum absolute atomic E-state index is 0.0657. The number of nitrogens with zero attached hydrogens (tertiary/aromatic N) is 3. The van der Waals surface area contributed by atoms with E-state index in [2.05, 4.69) is 5.10 Å². The van der Waals surface area contributed by atoms with Gasteiger partial charge in [-0.2, -0.15) is 16.4 Å². The van der Waals surface area contributed by atoms with Crippen LogP contribution in [0.4, 0.5) is 0 Å². The van der Waals surface area contributed by atoms with E-state index < -0.39 is 5.97 Å². The van der Waals surface area contributed by atoms with Gasteiger partial charge in [0, 0.05) is 30.6 Å². The average Bonchev–Trinajstić information content (AvgIpc) is 3.17. The third-order valence-electron chi connectivity index (χ3n) is 3.85. The van der Waals surface area contributed by atoms with Crippen molar-refractivity contribution in [1.82, 2.24) is 14.7 Å². The van der Waals surface area contributed by atoms with Gasteiger partial charge in [0.25, 0.3) is 5.91 Å².